The van der Waals surface area contributed by atoms with Crippen molar-refractivity contribution < 1.29 is 18.5 Å². The Balaban J connectivity index is 1.33. The molecule has 3 atom stereocenters. The number of amides is 2. The zero-order valence-electron chi connectivity index (χ0n) is 28.3. The predicted molar refractivity (Wildman–Crippen MR) is 194 cm³/mol. The lowest BCUT2D eigenvalue weighted by atomic mass is 9.78. The summed E-state index contributed by atoms with van der Waals surface area (Å²) < 4.78 is 37.7. The van der Waals surface area contributed by atoms with Gasteiger partial charge in [-0.1, -0.05) is 97.1 Å². The van der Waals surface area contributed by atoms with Crippen LogP contribution < -0.4 is 14.8 Å². The second-order valence-electron chi connectivity index (χ2n) is 13.4. The van der Waals surface area contributed by atoms with Crippen LogP contribution in [0.4, 0.5) is 10.5 Å². The third-order valence-electron chi connectivity index (χ3n) is 10.2. The largest absolute Gasteiger partial charge is 0.472 e. The third kappa shape index (κ3) is 5.61. The fraction of sp³-hybridized carbons (Fsp3) is 0.300. The average molecular weight is 688 g/mol. The number of ether oxygens (including phenoxy) is 2. The van der Waals surface area contributed by atoms with Gasteiger partial charge in [0.1, 0.15) is 16.5 Å². The number of fused-ring (bicyclic) bond motifs is 3. The lowest BCUT2D eigenvalue weighted by Crippen LogP contribution is -2.48. The number of carbonyl (C=O) groups excluding carboxylic acids is 1. The van der Waals surface area contributed by atoms with E-state index in [9.17, 15) is 4.79 Å². The molecule has 256 valence electrons. The summed E-state index contributed by atoms with van der Waals surface area (Å²) in [5.74, 6) is 0.505. The van der Waals surface area contributed by atoms with Crippen molar-refractivity contribution in [3.05, 3.63) is 142 Å². The molecule has 2 amide bonds. The van der Waals surface area contributed by atoms with Crippen molar-refractivity contribution in [1.29, 1.82) is 0 Å². The standard InChI is InChI=1S/C40H41N5O4S/c1-27-25-45-38(49-27)35(24-41-45)50(47,43-39(46)42-37-34-20-12-13-28(34)23-29-21-22-30(26-48-2)36(29)37)44-40(31-14-6-3-7-15-31,32-16-8-4-9-17-32)33-18-10-5-11-19-33/h3-11,14-19,23-24,27,30H,12-13,20-22,25-26H2,1-2H3,(H2,42,43,44,46,47)/t27-,30+,50?/m1/s1. The quantitative estimate of drug-likeness (QED) is 0.157. The Morgan fingerprint density at radius 1 is 0.960 bits per heavy atom. The van der Waals surface area contributed by atoms with Gasteiger partial charge in [-0.3, -0.25) is 0 Å². The number of carbonyl (C=O) groups is 1. The third-order valence-corrected chi connectivity index (χ3v) is 12.1. The average Bonchev–Trinajstić information content (AvgIpc) is 3.93. The second kappa shape index (κ2) is 13.2. The molecule has 10 heteroatoms. The molecular formula is C40H41N5O4S. The van der Waals surface area contributed by atoms with E-state index in [0.29, 0.717) is 19.0 Å². The summed E-state index contributed by atoms with van der Waals surface area (Å²) in [5.41, 5.74) is 6.88. The maximum absolute atomic E-state index is 16.0. The monoisotopic (exact) mass is 687 g/mol. The van der Waals surface area contributed by atoms with E-state index in [1.54, 1.807) is 11.8 Å². The minimum absolute atomic E-state index is 0.161. The molecule has 8 rings (SSSR count). The van der Waals surface area contributed by atoms with Gasteiger partial charge < -0.3 is 14.8 Å². The topological polar surface area (TPSA) is 107 Å². The fourth-order valence-corrected chi connectivity index (χ4v) is 9.95. The van der Waals surface area contributed by atoms with Crippen LogP contribution in [-0.2, 0) is 46.0 Å². The van der Waals surface area contributed by atoms with Gasteiger partial charge in [0.05, 0.1) is 19.3 Å². The number of nitrogens with one attached hydrogen (secondary N) is 2. The lowest BCUT2D eigenvalue weighted by molar-refractivity contribution is 0.179. The van der Waals surface area contributed by atoms with Crippen molar-refractivity contribution in [3.63, 3.8) is 0 Å². The van der Waals surface area contributed by atoms with Crippen LogP contribution in [0.15, 0.2) is 113 Å². The maximum atomic E-state index is 16.0. The molecule has 3 aliphatic rings. The van der Waals surface area contributed by atoms with Gasteiger partial charge in [0.15, 0.2) is 9.92 Å². The van der Waals surface area contributed by atoms with Gasteiger partial charge in [-0.25, -0.2) is 18.4 Å². The van der Waals surface area contributed by atoms with E-state index in [-0.39, 0.29) is 16.9 Å². The summed E-state index contributed by atoms with van der Waals surface area (Å²) in [4.78, 5) is 14.7. The normalized spacial score (nSPS) is 18.8. The van der Waals surface area contributed by atoms with Crippen molar-refractivity contribution in [2.24, 2.45) is 4.36 Å². The smallest absolute Gasteiger partial charge is 0.354 e. The molecule has 2 N–H and O–H groups in total. The number of rotatable bonds is 9. The molecule has 9 nitrogen and oxygen atoms in total. The molecular weight excluding hydrogens is 647 g/mol. The van der Waals surface area contributed by atoms with Crippen molar-refractivity contribution in [2.75, 3.05) is 19.0 Å². The van der Waals surface area contributed by atoms with Crippen molar-refractivity contribution in [1.82, 2.24) is 14.5 Å². The molecule has 2 aliphatic carbocycles. The van der Waals surface area contributed by atoms with Gasteiger partial charge in [0.2, 0.25) is 5.88 Å². The molecule has 50 heavy (non-hydrogen) atoms. The molecule has 1 aromatic heterocycles. The lowest BCUT2D eigenvalue weighted by Gasteiger charge is -2.37. The summed E-state index contributed by atoms with van der Waals surface area (Å²) in [6.07, 6.45) is 6.10. The minimum atomic E-state index is -3.82. The predicted octanol–water partition coefficient (Wildman–Crippen LogP) is 7.38. The first kappa shape index (κ1) is 32.4. The van der Waals surface area contributed by atoms with E-state index in [1.807, 2.05) is 97.9 Å². The molecule has 0 bridgehead atoms. The van der Waals surface area contributed by atoms with Crippen LogP contribution in [0.25, 0.3) is 0 Å². The van der Waals surface area contributed by atoms with Gasteiger partial charge in [-0.15, -0.1) is 4.36 Å². The molecule has 0 spiro atoms. The van der Waals surface area contributed by atoms with Crippen LogP contribution in [0.5, 0.6) is 5.88 Å². The van der Waals surface area contributed by atoms with E-state index >= 15 is 4.21 Å². The van der Waals surface area contributed by atoms with Crippen LogP contribution >= 0.6 is 0 Å². The first-order valence-electron chi connectivity index (χ1n) is 17.3. The number of methoxy groups -OCH3 is 1. The first-order valence-corrected chi connectivity index (χ1v) is 18.8. The molecule has 5 aromatic rings. The van der Waals surface area contributed by atoms with Gasteiger partial charge in [-0.2, -0.15) is 5.10 Å². The van der Waals surface area contributed by atoms with Crippen molar-refractivity contribution >= 4 is 21.6 Å². The van der Waals surface area contributed by atoms with E-state index in [4.69, 9.17) is 9.47 Å². The zero-order valence-corrected chi connectivity index (χ0v) is 29.1. The molecule has 4 aromatic carbocycles. The Labute approximate surface area is 293 Å². The van der Waals surface area contributed by atoms with Crippen LogP contribution in [-0.4, -0.2) is 39.8 Å². The molecule has 0 saturated heterocycles. The van der Waals surface area contributed by atoms with Crippen LogP contribution in [0.1, 0.15) is 64.6 Å². The van der Waals surface area contributed by atoms with Gasteiger partial charge in [0, 0.05) is 18.7 Å². The van der Waals surface area contributed by atoms with E-state index < -0.39 is 21.5 Å². The first-order chi connectivity index (χ1) is 24.4. The Morgan fingerprint density at radius 3 is 2.22 bits per heavy atom. The highest BCUT2D eigenvalue weighted by Crippen LogP contribution is 2.45. The van der Waals surface area contributed by atoms with E-state index in [2.05, 4.69) is 25.6 Å². The number of nitrogens with zero attached hydrogens (tertiary/aromatic N) is 3. The minimum Gasteiger partial charge on any atom is -0.472 e. The van der Waals surface area contributed by atoms with Crippen LogP contribution in [0, 0.1) is 0 Å². The number of aryl methyl sites for hydroxylation is 2. The highest BCUT2D eigenvalue weighted by atomic mass is 32.2. The number of hydrogen-bond donors (Lipinski definition) is 2. The van der Waals surface area contributed by atoms with Gasteiger partial charge in [-0.05, 0) is 78.0 Å². The number of anilines is 1. The Hall–Kier alpha value is -4.77. The second-order valence-corrected chi connectivity index (χ2v) is 15.3. The molecule has 0 fully saturated rings. The fourth-order valence-electron chi connectivity index (χ4n) is 8.07. The Bertz CT molecular complexity index is 2060. The highest BCUT2D eigenvalue weighted by Gasteiger charge is 2.42. The van der Waals surface area contributed by atoms with Crippen molar-refractivity contribution in [3.8, 4) is 5.88 Å². The van der Waals surface area contributed by atoms with E-state index in [0.717, 1.165) is 65.6 Å². The molecule has 1 unspecified atom stereocenters. The zero-order chi connectivity index (χ0) is 34.3. The highest BCUT2D eigenvalue weighted by molar-refractivity contribution is 7.92. The summed E-state index contributed by atoms with van der Waals surface area (Å²) >= 11 is 0. The summed E-state index contributed by atoms with van der Waals surface area (Å²) in [5, 5.41) is 7.73. The summed E-state index contributed by atoms with van der Waals surface area (Å²) in [6.45, 7) is 3.00. The molecule has 2 heterocycles. The SMILES string of the molecule is COC[C@@H]1CCc2cc3c(c(NC(=O)N=S(=O)(NC(c4ccccc4)(c4ccccc4)c4ccccc4)c4cnn5c4O[C@H](C)C5)c21)CCC3. The number of benzene rings is 4. The number of urea groups is 1. The van der Waals surface area contributed by atoms with Gasteiger partial charge >= 0.3 is 6.03 Å². The molecule has 0 radical (unpaired) electrons. The van der Waals surface area contributed by atoms with Crippen molar-refractivity contribution in [2.45, 2.75) is 68.0 Å². The Kier molecular flexibility index (Phi) is 8.54. The molecule has 1 aliphatic heterocycles. The van der Waals surface area contributed by atoms with E-state index in [1.165, 1.54) is 17.3 Å². The van der Waals surface area contributed by atoms with Crippen LogP contribution in [0.2, 0.25) is 0 Å². The Morgan fingerprint density at radius 2 is 1.60 bits per heavy atom. The molecule has 0 saturated carbocycles. The number of aromatic nitrogens is 2. The van der Waals surface area contributed by atoms with Crippen LogP contribution in [0.3, 0.4) is 0 Å². The van der Waals surface area contributed by atoms with Gasteiger partial charge in [0.25, 0.3) is 0 Å². The summed E-state index contributed by atoms with van der Waals surface area (Å²) in [6, 6.07) is 31.2. The maximum Gasteiger partial charge on any atom is 0.354 e. The summed E-state index contributed by atoms with van der Waals surface area (Å²) in [7, 11) is -2.10. The number of hydrogen-bond acceptors (Lipinski definition) is 5.